The molecule has 5 heteroatoms. The number of aliphatic carboxylic acids is 1. The highest BCUT2D eigenvalue weighted by atomic mass is 16.4. The normalized spacial score (nSPS) is 10.2. The summed E-state index contributed by atoms with van der Waals surface area (Å²) in [4.78, 5) is 14.5. The van der Waals surface area contributed by atoms with Crippen LogP contribution in [0, 0.1) is 0 Å². The number of hydrogen-bond acceptors (Lipinski definition) is 4. The summed E-state index contributed by atoms with van der Waals surface area (Å²) in [5, 5.41) is 13.1. The number of nitrogens with one attached hydrogen (secondary N) is 1. The van der Waals surface area contributed by atoms with Crippen molar-refractivity contribution in [1.29, 1.82) is 0 Å². The van der Waals surface area contributed by atoms with Gasteiger partial charge in [-0.3, -0.25) is 9.78 Å². The van der Waals surface area contributed by atoms with E-state index in [-0.39, 0.29) is 6.54 Å². The molecule has 16 heavy (non-hydrogen) atoms. The third-order valence-corrected chi connectivity index (χ3v) is 2.28. The topological polar surface area (TPSA) is 88.2 Å². The Hall–Kier alpha value is -2.30. The zero-order valence-corrected chi connectivity index (χ0v) is 8.47. The van der Waals surface area contributed by atoms with Crippen LogP contribution >= 0.6 is 0 Å². The average molecular weight is 217 g/mol. The van der Waals surface area contributed by atoms with Gasteiger partial charge in [0, 0.05) is 34.5 Å². The van der Waals surface area contributed by atoms with Gasteiger partial charge in [-0.25, -0.2) is 0 Å². The van der Waals surface area contributed by atoms with E-state index >= 15 is 0 Å². The molecule has 0 aliphatic heterocycles. The van der Waals surface area contributed by atoms with E-state index in [2.05, 4.69) is 10.3 Å². The molecule has 0 radical (unpaired) electrons. The van der Waals surface area contributed by atoms with Gasteiger partial charge >= 0.3 is 5.97 Å². The Balaban J connectivity index is 2.46. The van der Waals surface area contributed by atoms with Crippen LogP contribution in [0.15, 0.2) is 30.6 Å². The molecule has 82 valence electrons. The number of benzene rings is 1. The predicted octanol–water partition coefficient (Wildman–Crippen LogP) is 1.31. The zero-order valence-electron chi connectivity index (χ0n) is 8.47. The van der Waals surface area contributed by atoms with E-state index in [4.69, 9.17) is 10.8 Å². The summed E-state index contributed by atoms with van der Waals surface area (Å²) in [6.45, 7) is -0.131. The van der Waals surface area contributed by atoms with Gasteiger partial charge in [-0.15, -0.1) is 0 Å². The van der Waals surface area contributed by atoms with E-state index in [0.717, 1.165) is 16.5 Å². The van der Waals surface area contributed by atoms with Crippen LogP contribution < -0.4 is 11.1 Å². The summed E-state index contributed by atoms with van der Waals surface area (Å²) in [6, 6.07) is 5.30. The SMILES string of the molecule is Nc1ccc(NCC(=O)O)c2cnccc12. The maximum absolute atomic E-state index is 10.5. The van der Waals surface area contributed by atoms with Gasteiger partial charge in [0.25, 0.3) is 0 Å². The molecule has 1 heterocycles. The molecule has 0 aliphatic carbocycles. The molecule has 0 unspecified atom stereocenters. The van der Waals surface area contributed by atoms with Gasteiger partial charge in [-0.05, 0) is 18.2 Å². The van der Waals surface area contributed by atoms with Crippen molar-refractivity contribution in [2.75, 3.05) is 17.6 Å². The largest absolute Gasteiger partial charge is 0.480 e. The number of nitrogen functional groups attached to an aromatic ring is 1. The minimum atomic E-state index is -0.908. The molecule has 5 nitrogen and oxygen atoms in total. The smallest absolute Gasteiger partial charge is 0.322 e. The van der Waals surface area contributed by atoms with E-state index < -0.39 is 5.97 Å². The van der Waals surface area contributed by atoms with Crippen LogP contribution in [0.2, 0.25) is 0 Å². The number of carboxylic acids is 1. The van der Waals surface area contributed by atoms with Crippen molar-refractivity contribution in [3.63, 3.8) is 0 Å². The number of pyridine rings is 1. The van der Waals surface area contributed by atoms with Crippen LogP contribution in [-0.4, -0.2) is 22.6 Å². The second-order valence-electron chi connectivity index (χ2n) is 3.37. The van der Waals surface area contributed by atoms with Crippen molar-refractivity contribution in [1.82, 2.24) is 4.98 Å². The number of carboxylic acid groups (broad SMARTS) is 1. The van der Waals surface area contributed by atoms with Crippen molar-refractivity contribution in [3.8, 4) is 0 Å². The summed E-state index contributed by atoms with van der Waals surface area (Å²) in [6.07, 6.45) is 3.32. The van der Waals surface area contributed by atoms with Crippen molar-refractivity contribution < 1.29 is 9.90 Å². The Kier molecular flexibility index (Phi) is 2.59. The molecule has 0 atom stereocenters. The highest BCUT2D eigenvalue weighted by molar-refractivity contribution is 6.00. The molecule has 0 amide bonds. The molecule has 0 bridgehead atoms. The van der Waals surface area contributed by atoms with Crippen LogP contribution in [0.5, 0.6) is 0 Å². The fraction of sp³-hybridized carbons (Fsp3) is 0.0909. The lowest BCUT2D eigenvalue weighted by molar-refractivity contribution is -0.134. The highest BCUT2D eigenvalue weighted by Gasteiger charge is 2.04. The lowest BCUT2D eigenvalue weighted by atomic mass is 10.1. The second kappa shape index (κ2) is 4.06. The molecular formula is C11H11N3O2. The lowest BCUT2D eigenvalue weighted by Crippen LogP contribution is -2.12. The van der Waals surface area contributed by atoms with Gasteiger partial charge in [0.05, 0.1) is 0 Å². The molecule has 1 aromatic carbocycles. The van der Waals surface area contributed by atoms with E-state index in [1.807, 2.05) is 0 Å². The summed E-state index contributed by atoms with van der Waals surface area (Å²) < 4.78 is 0. The first-order chi connectivity index (χ1) is 7.68. The van der Waals surface area contributed by atoms with Gasteiger partial charge in [0.1, 0.15) is 6.54 Å². The maximum Gasteiger partial charge on any atom is 0.322 e. The zero-order chi connectivity index (χ0) is 11.5. The first-order valence-corrected chi connectivity index (χ1v) is 4.76. The number of rotatable bonds is 3. The quantitative estimate of drug-likeness (QED) is 0.674. The van der Waals surface area contributed by atoms with E-state index in [0.29, 0.717) is 5.69 Å². The number of anilines is 2. The van der Waals surface area contributed by atoms with Crippen LogP contribution in [0.25, 0.3) is 10.8 Å². The monoisotopic (exact) mass is 217 g/mol. The summed E-state index contributed by atoms with van der Waals surface area (Å²) in [5.74, 6) is -0.908. The lowest BCUT2D eigenvalue weighted by Gasteiger charge is -2.09. The van der Waals surface area contributed by atoms with Gasteiger partial charge < -0.3 is 16.2 Å². The van der Waals surface area contributed by atoms with Crippen molar-refractivity contribution in [2.45, 2.75) is 0 Å². The molecule has 2 aromatic rings. The molecule has 0 fully saturated rings. The third kappa shape index (κ3) is 1.88. The number of nitrogens with two attached hydrogens (primary N) is 1. The molecule has 0 spiro atoms. The van der Waals surface area contributed by atoms with Crippen LogP contribution in [0.1, 0.15) is 0 Å². The average Bonchev–Trinajstić information content (AvgIpc) is 2.28. The molecule has 0 saturated heterocycles. The fourth-order valence-electron chi connectivity index (χ4n) is 1.54. The van der Waals surface area contributed by atoms with Gasteiger partial charge in [-0.1, -0.05) is 0 Å². The molecule has 0 aliphatic rings. The minimum Gasteiger partial charge on any atom is -0.480 e. The van der Waals surface area contributed by atoms with Crippen LogP contribution in [0.4, 0.5) is 11.4 Å². The summed E-state index contributed by atoms with van der Waals surface area (Å²) in [7, 11) is 0. The number of nitrogens with zero attached hydrogens (tertiary/aromatic N) is 1. The molecule has 1 aromatic heterocycles. The molecule has 2 rings (SSSR count). The molecule has 0 saturated carbocycles. The number of hydrogen-bond donors (Lipinski definition) is 3. The number of aromatic nitrogens is 1. The minimum absolute atomic E-state index is 0.131. The standard InChI is InChI=1S/C11H11N3O2/c12-9-1-2-10(14-6-11(15)16)8-5-13-4-3-7(8)9/h1-5,14H,6,12H2,(H,15,16). The highest BCUT2D eigenvalue weighted by Crippen LogP contribution is 2.26. The Bertz CT molecular complexity index is 540. The van der Waals surface area contributed by atoms with Crippen LogP contribution in [-0.2, 0) is 4.79 Å². The summed E-state index contributed by atoms with van der Waals surface area (Å²) in [5.41, 5.74) is 7.18. The Morgan fingerprint density at radius 1 is 1.38 bits per heavy atom. The fourth-order valence-corrected chi connectivity index (χ4v) is 1.54. The predicted molar refractivity (Wildman–Crippen MR) is 62.3 cm³/mol. The maximum atomic E-state index is 10.5. The second-order valence-corrected chi connectivity index (χ2v) is 3.37. The first kappa shape index (κ1) is 10.2. The Morgan fingerprint density at radius 3 is 2.94 bits per heavy atom. The molecule has 4 N–H and O–H groups in total. The van der Waals surface area contributed by atoms with Crippen molar-refractivity contribution >= 4 is 28.1 Å². The first-order valence-electron chi connectivity index (χ1n) is 4.76. The van der Waals surface area contributed by atoms with E-state index in [1.54, 1.807) is 30.6 Å². The van der Waals surface area contributed by atoms with Crippen LogP contribution in [0.3, 0.4) is 0 Å². The Morgan fingerprint density at radius 2 is 2.19 bits per heavy atom. The number of carbonyl (C=O) groups is 1. The van der Waals surface area contributed by atoms with E-state index in [1.165, 1.54) is 0 Å². The van der Waals surface area contributed by atoms with Crippen molar-refractivity contribution in [2.24, 2.45) is 0 Å². The molecular weight excluding hydrogens is 206 g/mol. The Labute approximate surface area is 91.9 Å². The van der Waals surface area contributed by atoms with Gasteiger partial charge in [0.2, 0.25) is 0 Å². The van der Waals surface area contributed by atoms with Crippen molar-refractivity contribution in [3.05, 3.63) is 30.6 Å². The third-order valence-electron chi connectivity index (χ3n) is 2.28. The van der Waals surface area contributed by atoms with Gasteiger partial charge in [-0.2, -0.15) is 0 Å². The van der Waals surface area contributed by atoms with Gasteiger partial charge in [0.15, 0.2) is 0 Å². The summed E-state index contributed by atoms with van der Waals surface area (Å²) >= 11 is 0. The van der Waals surface area contributed by atoms with E-state index in [9.17, 15) is 4.79 Å². The number of fused-ring (bicyclic) bond motifs is 1.